The van der Waals surface area contributed by atoms with Crippen molar-refractivity contribution < 1.29 is 58.4 Å². The number of carboxylic acid groups (broad SMARTS) is 2. The third-order valence-electron chi connectivity index (χ3n) is 14.2. The Hall–Kier alpha value is -7.97. The number of fused-ring (bicyclic) bond motifs is 14. The molecule has 7 N–H and O–H groups in total. The molecule has 5 amide bonds. The van der Waals surface area contributed by atoms with E-state index in [1.54, 1.807) is 70.9 Å². The van der Waals surface area contributed by atoms with Crippen LogP contribution in [0, 0.1) is 12.8 Å². The third-order valence-corrected chi connectivity index (χ3v) is 20.0. The van der Waals surface area contributed by atoms with E-state index in [2.05, 4.69) is 21.3 Å². The maximum atomic E-state index is 14.4. The predicted octanol–water partition coefficient (Wildman–Crippen LogP) is 9.43. The van der Waals surface area contributed by atoms with E-state index >= 15 is 0 Å². The molecule has 0 spiro atoms. The Morgan fingerprint density at radius 2 is 1.38 bits per heavy atom. The van der Waals surface area contributed by atoms with Crippen LogP contribution in [0.5, 0.6) is 0 Å². The number of benzene rings is 1. The molecule has 9 rings (SSSR count). The number of aromatic nitrogens is 7. The standard InChI is InChI=1S/C59H62N12O12S6/c1-29(2)33-21-39(72)47-30(3)88-58(69-47)35(22-42(73)60-4)63-52(81)37-26-84-54(65-37)32-18-19-34(56-67-41(28-87-56)71(20-12-17-46(78)79)44(75)15-10-7-11-16-45(76)77)62-48(32)36-25-85-57(64-36)38-27-86-59(66-38)50(51(80)31-13-8-6-9-14-31)68-43(74)23-61-53(82)49-40(24-83-5)89-55(33)70-49/h6,8-9,13-14,18-19,25-29,33,35,50-51,80H,7,10-12,15-17,20-24H2,1-5H3,(H,60,73)(H,61,82)(H,63,81)(H,68,74)(H,76,77)(H,78,79)/t33-,35-,50-,51-/m0/s1. The van der Waals surface area contributed by atoms with Crippen molar-refractivity contribution in [2.24, 2.45) is 5.92 Å². The highest BCUT2D eigenvalue weighted by Gasteiger charge is 2.33. The fraction of sp³-hybridized carbons (Fsp3) is 0.373. The number of rotatable bonds is 19. The van der Waals surface area contributed by atoms with Gasteiger partial charge in [0.25, 0.3) is 11.8 Å². The van der Waals surface area contributed by atoms with E-state index in [1.807, 2.05) is 13.8 Å². The van der Waals surface area contributed by atoms with Crippen molar-refractivity contribution in [3.63, 3.8) is 0 Å². The van der Waals surface area contributed by atoms with E-state index in [4.69, 9.17) is 44.7 Å². The van der Waals surface area contributed by atoms with Crippen LogP contribution in [-0.2, 0) is 35.3 Å². The van der Waals surface area contributed by atoms with Gasteiger partial charge in [-0.05, 0) is 49.8 Å². The van der Waals surface area contributed by atoms with Crippen molar-refractivity contribution >= 4 is 121 Å². The van der Waals surface area contributed by atoms with Gasteiger partial charge in [0.1, 0.15) is 77.2 Å². The van der Waals surface area contributed by atoms with Crippen LogP contribution in [0.4, 0.5) is 5.82 Å². The number of aryl methyl sites for hydroxylation is 1. The number of carboxylic acids is 2. The Morgan fingerprint density at radius 3 is 2.12 bits per heavy atom. The van der Waals surface area contributed by atoms with Crippen molar-refractivity contribution in [2.75, 3.05) is 32.1 Å². The van der Waals surface area contributed by atoms with Crippen LogP contribution in [0.1, 0.15) is 158 Å². The number of nitrogens with zero attached hydrogens (tertiary/aromatic N) is 8. The van der Waals surface area contributed by atoms with Crippen LogP contribution < -0.4 is 26.2 Å². The lowest BCUT2D eigenvalue weighted by Gasteiger charge is -2.23. The minimum atomic E-state index is -1.30. The first-order valence-corrected chi connectivity index (χ1v) is 33.3. The minimum absolute atomic E-state index is 0.00648. The molecule has 0 aliphatic carbocycles. The van der Waals surface area contributed by atoms with Gasteiger partial charge in [0, 0.05) is 84.3 Å². The van der Waals surface area contributed by atoms with Gasteiger partial charge in [-0.3, -0.25) is 43.3 Å². The molecule has 0 radical (unpaired) electrons. The summed E-state index contributed by atoms with van der Waals surface area (Å²) < 4.78 is 5.47. The quantitative estimate of drug-likeness (QED) is 0.0370. The number of Topliss-reactive ketones (excluding diaryl/α,β-unsaturated/α-hetero) is 1. The smallest absolute Gasteiger partial charge is 0.303 e. The maximum absolute atomic E-state index is 14.4. The average molecular weight is 1320 g/mol. The number of ether oxygens (including phenoxy) is 1. The number of carbonyl (C=O) groups excluding carboxylic acids is 6. The van der Waals surface area contributed by atoms with Crippen LogP contribution in [0.15, 0.2) is 64.0 Å². The Morgan fingerprint density at radius 1 is 0.697 bits per heavy atom. The highest BCUT2D eigenvalue weighted by molar-refractivity contribution is 7.15. The molecule has 89 heavy (non-hydrogen) atoms. The molecule has 10 bridgehead atoms. The number of amides is 5. The fourth-order valence-corrected chi connectivity index (χ4v) is 15.2. The number of hydrogen-bond acceptors (Lipinski definition) is 23. The molecule has 466 valence electrons. The molecule has 0 saturated heterocycles. The van der Waals surface area contributed by atoms with Crippen LogP contribution in [0.2, 0.25) is 0 Å². The van der Waals surface area contributed by atoms with Crippen LogP contribution in [0.25, 0.3) is 43.4 Å². The van der Waals surface area contributed by atoms with Gasteiger partial charge in [-0.25, -0.2) is 34.9 Å². The lowest BCUT2D eigenvalue weighted by atomic mass is 9.90. The van der Waals surface area contributed by atoms with E-state index < -0.39 is 66.2 Å². The summed E-state index contributed by atoms with van der Waals surface area (Å²) in [4.78, 5) is 143. The summed E-state index contributed by atoms with van der Waals surface area (Å²) in [5.41, 5.74) is 2.60. The van der Waals surface area contributed by atoms with E-state index in [9.17, 15) is 48.6 Å². The normalized spacial score (nSPS) is 16.1. The van der Waals surface area contributed by atoms with Gasteiger partial charge in [0.05, 0.1) is 41.2 Å². The second-order valence-electron chi connectivity index (χ2n) is 20.9. The molecule has 0 saturated carbocycles. The van der Waals surface area contributed by atoms with Crippen molar-refractivity contribution in [1.29, 1.82) is 0 Å². The SMILES string of the molecule is CNC(=O)C[C@@H]1NC(=O)c2csc(n2)-c2ccc(-c3nc(N(CCCC(=O)O)C(=O)CCCCCC(=O)O)cs3)nc2-c2csc(n2)-c2csc(n2)[C@H]([C@@H](O)c2ccccc2)NC(=O)CNC(=O)c2nc(sc2COC)[C@H](C(C)C)CC(=O)c2nc1sc2C. The van der Waals surface area contributed by atoms with Crippen LogP contribution in [-0.4, -0.2) is 125 Å². The Kier molecular flexibility index (Phi) is 22.1. The molecule has 30 heteroatoms. The zero-order valence-corrected chi connectivity index (χ0v) is 53.7. The molecule has 1 aromatic carbocycles. The van der Waals surface area contributed by atoms with Gasteiger partial charge in [-0.1, -0.05) is 50.6 Å². The number of pyridine rings is 1. The van der Waals surface area contributed by atoms with Gasteiger partial charge < -0.3 is 41.3 Å². The summed E-state index contributed by atoms with van der Waals surface area (Å²) in [6.07, 6.45) is -0.207. The summed E-state index contributed by atoms with van der Waals surface area (Å²) >= 11 is 7.15. The van der Waals surface area contributed by atoms with Gasteiger partial charge in [-0.2, -0.15) is 0 Å². The Bertz CT molecular complexity index is 3890. The Labute approximate surface area is 534 Å². The zero-order chi connectivity index (χ0) is 63.5. The zero-order valence-electron chi connectivity index (χ0n) is 48.8. The number of anilines is 1. The van der Waals surface area contributed by atoms with E-state index in [0.29, 0.717) is 93.0 Å². The summed E-state index contributed by atoms with van der Waals surface area (Å²) in [7, 11) is 2.94. The third kappa shape index (κ3) is 16.3. The van der Waals surface area contributed by atoms with Gasteiger partial charge in [0.2, 0.25) is 17.7 Å². The molecule has 1 aliphatic rings. The largest absolute Gasteiger partial charge is 0.481 e. The molecule has 7 aromatic heterocycles. The molecule has 0 fully saturated rings. The first kappa shape index (κ1) is 65.5. The van der Waals surface area contributed by atoms with Crippen molar-refractivity contribution in [2.45, 2.75) is 109 Å². The topological polar surface area (TPSA) is 348 Å². The molecule has 24 nitrogen and oxygen atoms in total. The summed E-state index contributed by atoms with van der Waals surface area (Å²) in [6.45, 7) is 5.17. The molecule has 0 unspecified atom stereocenters. The molecule has 1 aliphatic heterocycles. The number of ketones is 1. The first-order valence-electron chi connectivity index (χ1n) is 28.2. The van der Waals surface area contributed by atoms with Crippen LogP contribution >= 0.6 is 68.0 Å². The number of thiazole rings is 6. The first-order chi connectivity index (χ1) is 42.8. The number of aliphatic carboxylic acids is 2. The van der Waals surface area contributed by atoms with E-state index in [0.717, 1.165) is 11.3 Å². The number of methoxy groups -OCH3 is 1. The van der Waals surface area contributed by atoms with E-state index in [1.165, 1.54) is 75.7 Å². The highest BCUT2D eigenvalue weighted by Crippen LogP contribution is 2.41. The lowest BCUT2D eigenvalue weighted by molar-refractivity contribution is -0.138. The second-order valence-corrected chi connectivity index (χ2v) is 26.7. The number of aliphatic hydroxyl groups excluding tert-OH is 1. The predicted molar refractivity (Wildman–Crippen MR) is 338 cm³/mol. The van der Waals surface area contributed by atoms with Crippen LogP contribution in [0.3, 0.4) is 0 Å². The number of unbranched alkanes of at least 4 members (excludes halogenated alkanes) is 2. The molecule has 8 heterocycles. The Balaban J connectivity index is 1.12. The highest BCUT2D eigenvalue weighted by atomic mass is 32.1. The number of hydrogen-bond donors (Lipinski definition) is 7. The van der Waals surface area contributed by atoms with Gasteiger partial charge in [0.15, 0.2) is 5.78 Å². The summed E-state index contributed by atoms with van der Waals surface area (Å²) in [5, 5.41) is 50.7. The van der Waals surface area contributed by atoms with Gasteiger partial charge >= 0.3 is 11.9 Å². The lowest BCUT2D eigenvalue weighted by Crippen LogP contribution is -2.40. The minimum Gasteiger partial charge on any atom is -0.481 e. The molecule has 8 aromatic rings. The molecular weight excluding hydrogens is 1260 g/mol. The van der Waals surface area contributed by atoms with Gasteiger partial charge in [-0.15, -0.1) is 68.0 Å². The molecule has 4 atom stereocenters. The monoisotopic (exact) mass is 1320 g/mol. The van der Waals surface area contributed by atoms with Crippen molar-refractivity contribution in [3.8, 4) is 43.4 Å². The van der Waals surface area contributed by atoms with Crippen molar-refractivity contribution in [1.82, 2.24) is 56.2 Å². The van der Waals surface area contributed by atoms with Crippen molar-refractivity contribution in [3.05, 3.63) is 111 Å². The summed E-state index contributed by atoms with van der Waals surface area (Å²) in [5.74, 6) is -5.27. The average Bonchev–Trinajstić information content (AvgIpc) is 2.89. The number of nitrogens with one attached hydrogen (secondary N) is 4. The molecular formula is C59H62N12O12S6. The number of carbonyl (C=O) groups is 8. The fourth-order valence-electron chi connectivity index (χ4n) is 9.57. The van der Waals surface area contributed by atoms with E-state index in [-0.39, 0.29) is 92.2 Å². The maximum Gasteiger partial charge on any atom is 0.303 e. The summed E-state index contributed by atoms with van der Waals surface area (Å²) in [6, 6.07) is 10.1. The second kappa shape index (κ2) is 30.0. The number of aliphatic hydroxyl groups is 1.